The number of amides is 2. The lowest BCUT2D eigenvalue weighted by Crippen LogP contribution is -2.45. The molecule has 0 fully saturated rings. The minimum Gasteiger partial charge on any atom is -0.480 e. The van der Waals surface area contributed by atoms with Gasteiger partial charge in [-0.3, -0.25) is 9.59 Å². The Morgan fingerprint density at radius 1 is 1.21 bits per heavy atom. The van der Waals surface area contributed by atoms with Crippen molar-refractivity contribution in [2.24, 2.45) is 0 Å². The molecule has 6 nitrogen and oxygen atoms in total. The fraction of sp³-hybridized carbons (Fsp3) is 0.400. The molecule has 0 bridgehead atoms. The van der Waals surface area contributed by atoms with Crippen LogP contribution in [0.4, 0.5) is 13.2 Å². The van der Waals surface area contributed by atoms with E-state index in [0.29, 0.717) is 6.42 Å². The SMILES string of the molecule is CCCC(NC(=O)CNC(=O)c1ccccc1C(F)(F)F)C(=O)O. The molecule has 0 saturated carbocycles. The second-order valence-electron chi connectivity index (χ2n) is 4.97. The maximum absolute atomic E-state index is 12.8. The zero-order chi connectivity index (χ0) is 18.3. The largest absolute Gasteiger partial charge is 0.480 e. The Balaban J connectivity index is 2.70. The molecule has 0 aliphatic carbocycles. The van der Waals surface area contributed by atoms with Gasteiger partial charge in [-0.2, -0.15) is 13.2 Å². The Labute approximate surface area is 136 Å². The molecule has 1 rings (SSSR count). The molecule has 132 valence electrons. The van der Waals surface area contributed by atoms with E-state index in [1.54, 1.807) is 6.92 Å². The first kappa shape index (κ1) is 19.5. The molecule has 1 unspecified atom stereocenters. The molecule has 0 heterocycles. The maximum atomic E-state index is 12.8. The normalized spacial score (nSPS) is 12.3. The number of hydrogen-bond acceptors (Lipinski definition) is 3. The fourth-order valence-corrected chi connectivity index (χ4v) is 1.98. The number of halogens is 3. The molecular weight excluding hydrogens is 329 g/mol. The van der Waals surface area contributed by atoms with Crippen molar-refractivity contribution >= 4 is 17.8 Å². The van der Waals surface area contributed by atoms with Crippen LogP contribution in [0.1, 0.15) is 35.7 Å². The highest BCUT2D eigenvalue weighted by molar-refractivity contribution is 5.98. The van der Waals surface area contributed by atoms with Gasteiger partial charge < -0.3 is 15.7 Å². The van der Waals surface area contributed by atoms with E-state index in [4.69, 9.17) is 5.11 Å². The molecule has 24 heavy (non-hydrogen) atoms. The second-order valence-corrected chi connectivity index (χ2v) is 4.97. The molecule has 3 N–H and O–H groups in total. The summed E-state index contributed by atoms with van der Waals surface area (Å²) in [4.78, 5) is 34.4. The van der Waals surface area contributed by atoms with Gasteiger partial charge in [0.2, 0.25) is 5.91 Å². The van der Waals surface area contributed by atoms with Crippen molar-refractivity contribution in [2.75, 3.05) is 6.54 Å². The van der Waals surface area contributed by atoms with Crippen molar-refractivity contribution in [1.82, 2.24) is 10.6 Å². The van der Waals surface area contributed by atoms with E-state index in [1.807, 2.05) is 0 Å². The molecule has 0 aliphatic heterocycles. The molecule has 0 saturated heterocycles. The summed E-state index contributed by atoms with van der Waals surface area (Å²) in [6, 6.07) is 3.06. The van der Waals surface area contributed by atoms with Crippen molar-refractivity contribution in [3.05, 3.63) is 35.4 Å². The lowest BCUT2D eigenvalue weighted by Gasteiger charge is -2.15. The molecule has 0 aromatic heterocycles. The first-order valence-corrected chi connectivity index (χ1v) is 7.13. The van der Waals surface area contributed by atoms with Gasteiger partial charge in [0.05, 0.1) is 17.7 Å². The number of alkyl halides is 3. The first-order valence-electron chi connectivity index (χ1n) is 7.13. The van der Waals surface area contributed by atoms with Gasteiger partial charge in [-0.15, -0.1) is 0 Å². The summed E-state index contributed by atoms with van der Waals surface area (Å²) in [5.74, 6) is -3.09. The summed E-state index contributed by atoms with van der Waals surface area (Å²) >= 11 is 0. The van der Waals surface area contributed by atoms with Crippen LogP contribution in [0.2, 0.25) is 0 Å². The van der Waals surface area contributed by atoms with Crippen molar-refractivity contribution in [1.29, 1.82) is 0 Å². The summed E-state index contributed by atoms with van der Waals surface area (Å²) in [6.45, 7) is 1.11. The summed E-state index contributed by atoms with van der Waals surface area (Å²) in [5, 5.41) is 13.2. The number of carbonyl (C=O) groups is 3. The maximum Gasteiger partial charge on any atom is 0.417 e. The monoisotopic (exact) mass is 346 g/mol. The smallest absolute Gasteiger partial charge is 0.417 e. The van der Waals surface area contributed by atoms with Gasteiger partial charge in [-0.05, 0) is 18.6 Å². The molecule has 9 heteroatoms. The number of benzene rings is 1. The van der Waals surface area contributed by atoms with E-state index in [2.05, 4.69) is 10.6 Å². The zero-order valence-corrected chi connectivity index (χ0v) is 12.8. The number of hydrogen-bond donors (Lipinski definition) is 3. The van der Waals surface area contributed by atoms with Crippen LogP contribution in [0.3, 0.4) is 0 Å². The van der Waals surface area contributed by atoms with Gasteiger partial charge in [0, 0.05) is 0 Å². The molecule has 0 spiro atoms. The average Bonchev–Trinajstić information content (AvgIpc) is 2.51. The third-order valence-corrected chi connectivity index (χ3v) is 3.10. The third kappa shape index (κ3) is 5.56. The molecule has 1 atom stereocenters. The van der Waals surface area contributed by atoms with Gasteiger partial charge in [-0.25, -0.2) is 4.79 Å². The van der Waals surface area contributed by atoms with Crippen LogP contribution in [-0.4, -0.2) is 35.5 Å². The predicted octanol–water partition coefficient (Wildman–Crippen LogP) is 1.80. The van der Waals surface area contributed by atoms with Crippen molar-refractivity contribution in [2.45, 2.75) is 32.0 Å². The Morgan fingerprint density at radius 2 is 1.83 bits per heavy atom. The Kier molecular flexibility index (Phi) is 6.75. The van der Waals surface area contributed by atoms with Crippen LogP contribution in [0.25, 0.3) is 0 Å². The summed E-state index contributed by atoms with van der Waals surface area (Å²) in [6.07, 6.45) is -3.99. The molecule has 1 aromatic carbocycles. The van der Waals surface area contributed by atoms with Crippen LogP contribution in [0.15, 0.2) is 24.3 Å². The first-order chi connectivity index (χ1) is 11.2. The predicted molar refractivity (Wildman–Crippen MR) is 78.3 cm³/mol. The van der Waals surface area contributed by atoms with Gasteiger partial charge >= 0.3 is 12.1 Å². The fourth-order valence-electron chi connectivity index (χ4n) is 1.98. The molecule has 1 aromatic rings. The third-order valence-electron chi connectivity index (χ3n) is 3.10. The standard InChI is InChI=1S/C15H17F3N2O4/c1-2-5-11(14(23)24)20-12(21)8-19-13(22)9-6-3-4-7-10(9)15(16,17)18/h3-4,6-7,11H,2,5,8H2,1H3,(H,19,22)(H,20,21)(H,23,24). The Morgan fingerprint density at radius 3 is 2.38 bits per heavy atom. The van der Waals surface area contributed by atoms with Gasteiger partial charge in [0.25, 0.3) is 5.91 Å². The van der Waals surface area contributed by atoms with Crippen LogP contribution in [0.5, 0.6) is 0 Å². The average molecular weight is 346 g/mol. The molecular formula is C15H17F3N2O4. The lowest BCUT2D eigenvalue weighted by molar-refractivity contribution is -0.142. The highest BCUT2D eigenvalue weighted by atomic mass is 19.4. The Hall–Kier alpha value is -2.58. The number of nitrogens with one attached hydrogen (secondary N) is 2. The minimum absolute atomic E-state index is 0.200. The second kappa shape index (κ2) is 8.32. The minimum atomic E-state index is -4.70. The van der Waals surface area contributed by atoms with Crippen LogP contribution < -0.4 is 10.6 Å². The van der Waals surface area contributed by atoms with Crippen molar-refractivity contribution in [3.63, 3.8) is 0 Å². The van der Waals surface area contributed by atoms with E-state index >= 15 is 0 Å². The number of carboxylic acid groups (broad SMARTS) is 1. The van der Waals surface area contributed by atoms with Crippen molar-refractivity contribution in [3.8, 4) is 0 Å². The topological polar surface area (TPSA) is 95.5 Å². The van der Waals surface area contributed by atoms with Crippen LogP contribution in [-0.2, 0) is 15.8 Å². The molecule has 0 aliphatic rings. The zero-order valence-electron chi connectivity index (χ0n) is 12.8. The van der Waals surface area contributed by atoms with Gasteiger partial charge in [0.1, 0.15) is 6.04 Å². The van der Waals surface area contributed by atoms with E-state index < -0.39 is 47.7 Å². The van der Waals surface area contributed by atoms with Crippen LogP contribution in [0, 0.1) is 0 Å². The van der Waals surface area contributed by atoms with E-state index in [9.17, 15) is 27.6 Å². The summed E-state index contributed by atoms with van der Waals surface area (Å²) in [5.41, 5.74) is -1.72. The lowest BCUT2D eigenvalue weighted by atomic mass is 10.1. The number of rotatable bonds is 7. The quantitative estimate of drug-likeness (QED) is 0.702. The highest BCUT2D eigenvalue weighted by Gasteiger charge is 2.34. The summed E-state index contributed by atoms with van der Waals surface area (Å²) < 4.78 is 38.5. The molecule has 2 amide bonds. The van der Waals surface area contributed by atoms with Crippen molar-refractivity contribution < 1.29 is 32.7 Å². The van der Waals surface area contributed by atoms with Gasteiger partial charge in [0.15, 0.2) is 0 Å². The van der Waals surface area contributed by atoms with Crippen LogP contribution >= 0.6 is 0 Å². The van der Waals surface area contributed by atoms with E-state index in [1.165, 1.54) is 6.07 Å². The Bertz CT molecular complexity index is 617. The highest BCUT2D eigenvalue weighted by Crippen LogP contribution is 2.31. The van der Waals surface area contributed by atoms with Gasteiger partial charge in [-0.1, -0.05) is 25.5 Å². The van der Waals surface area contributed by atoms with E-state index in [0.717, 1.165) is 18.2 Å². The number of aliphatic carboxylic acids is 1. The van der Waals surface area contributed by atoms with E-state index in [-0.39, 0.29) is 6.42 Å². The summed E-state index contributed by atoms with van der Waals surface area (Å²) in [7, 11) is 0. The molecule has 0 radical (unpaired) electrons. The number of carbonyl (C=O) groups excluding carboxylic acids is 2. The number of carboxylic acids is 1.